The number of ether oxygens (including phenoxy) is 2. The van der Waals surface area contributed by atoms with Gasteiger partial charge in [-0.2, -0.15) is 0 Å². The summed E-state index contributed by atoms with van der Waals surface area (Å²) in [5.74, 6) is -0.362. The maximum absolute atomic E-state index is 13.8. The van der Waals surface area contributed by atoms with Crippen molar-refractivity contribution in [3.05, 3.63) is 29.1 Å². The molecule has 0 saturated heterocycles. The maximum Gasteiger partial charge on any atom is 0.188 e. The van der Waals surface area contributed by atoms with Gasteiger partial charge in [-0.05, 0) is 37.0 Å². The molecular formula is C13H15FO3. The minimum absolute atomic E-state index is 0.0287. The number of hydrogen-bond acceptors (Lipinski definition) is 3. The molecule has 1 aromatic carbocycles. The second kappa shape index (κ2) is 5.27. The molecule has 0 spiro atoms. The van der Waals surface area contributed by atoms with Crippen LogP contribution in [0.15, 0.2) is 12.1 Å². The number of methoxy groups -OCH3 is 1. The molecule has 0 aliphatic carbocycles. The van der Waals surface area contributed by atoms with E-state index in [2.05, 4.69) is 0 Å². The van der Waals surface area contributed by atoms with E-state index < -0.39 is 5.82 Å². The van der Waals surface area contributed by atoms with Crippen molar-refractivity contribution in [1.82, 2.24) is 0 Å². The van der Waals surface area contributed by atoms with Crippen LogP contribution in [-0.4, -0.2) is 26.1 Å². The Kier molecular flexibility index (Phi) is 3.74. The molecule has 0 aromatic heterocycles. The zero-order valence-electron chi connectivity index (χ0n) is 9.79. The average Bonchev–Trinajstić information content (AvgIpc) is 2.54. The fourth-order valence-corrected chi connectivity index (χ4v) is 1.96. The predicted octanol–water partition coefficient (Wildman–Crippen LogP) is 2.37. The second-order valence-corrected chi connectivity index (χ2v) is 4.11. The zero-order valence-corrected chi connectivity index (χ0v) is 9.79. The van der Waals surface area contributed by atoms with Crippen LogP contribution < -0.4 is 4.74 Å². The van der Waals surface area contributed by atoms with Crippen LogP contribution in [0.2, 0.25) is 0 Å². The number of halogens is 1. The third-order valence-electron chi connectivity index (χ3n) is 2.80. The Morgan fingerprint density at radius 1 is 1.47 bits per heavy atom. The van der Waals surface area contributed by atoms with Crippen LogP contribution >= 0.6 is 0 Å². The van der Waals surface area contributed by atoms with E-state index in [0.29, 0.717) is 17.9 Å². The van der Waals surface area contributed by atoms with Gasteiger partial charge in [0.1, 0.15) is 6.61 Å². The number of fused-ring (bicyclic) bond motifs is 1. The van der Waals surface area contributed by atoms with Gasteiger partial charge >= 0.3 is 0 Å². The minimum Gasteiger partial charge on any atom is -0.490 e. The molecule has 0 fully saturated rings. The van der Waals surface area contributed by atoms with Gasteiger partial charge in [-0.3, -0.25) is 4.79 Å². The van der Waals surface area contributed by atoms with E-state index in [1.165, 1.54) is 13.2 Å². The highest BCUT2D eigenvalue weighted by molar-refractivity contribution is 5.97. The number of carbonyl (C=O) groups excluding carboxylic acids is 1. The molecule has 1 aliphatic rings. The molecule has 0 atom stereocenters. The standard InChI is InChI=1S/C13H15FO3/c1-16-8-12(15)10-6-9-4-2-3-5-17-13(9)11(14)7-10/h6-7H,2-5,8H2,1H3. The van der Waals surface area contributed by atoms with Gasteiger partial charge in [0.25, 0.3) is 0 Å². The van der Waals surface area contributed by atoms with Gasteiger partial charge in [0.15, 0.2) is 17.3 Å². The third kappa shape index (κ3) is 2.64. The van der Waals surface area contributed by atoms with Crippen molar-refractivity contribution in [2.45, 2.75) is 19.3 Å². The first-order valence-corrected chi connectivity index (χ1v) is 5.69. The van der Waals surface area contributed by atoms with Crippen molar-refractivity contribution in [1.29, 1.82) is 0 Å². The van der Waals surface area contributed by atoms with E-state index in [9.17, 15) is 9.18 Å². The van der Waals surface area contributed by atoms with Gasteiger partial charge in [-0.25, -0.2) is 4.39 Å². The first-order chi connectivity index (χ1) is 8.22. The van der Waals surface area contributed by atoms with E-state index >= 15 is 0 Å². The van der Waals surface area contributed by atoms with Crippen LogP contribution in [0.4, 0.5) is 4.39 Å². The number of aryl methyl sites for hydroxylation is 1. The number of ketones is 1. The van der Waals surface area contributed by atoms with Crippen LogP contribution in [-0.2, 0) is 11.2 Å². The summed E-state index contributed by atoms with van der Waals surface area (Å²) >= 11 is 0. The molecular weight excluding hydrogens is 223 g/mol. The SMILES string of the molecule is COCC(=O)c1cc(F)c2c(c1)CCCCO2. The van der Waals surface area contributed by atoms with Gasteiger partial charge in [-0.15, -0.1) is 0 Å². The number of Topliss-reactive ketones (excluding diaryl/α,β-unsaturated/α-hetero) is 1. The second-order valence-electron chi connectivity index (χ2n) is 4.11. The fourth-order valence-electron chi connectivity index (χ4n) is 1.96. The van der Waals surface area contributed by atoms with Crippen LogP contribution in [0.1, 0.15) is 28.8 Å². The normalized spacial score (nSPS) is 14.7. The Bertz CT molecular complexity index is 429. The van der Waals surface area contributed by atoms with E-state index in [-0.39, 0.29) is 12.4 Å². The monoisotopic (exact) mass is 238 g/mol. The maximum atomic E-state index is 13.8. The summed E-state index contributed by atoms with van der Waals surface area (Å²) in [6.45, 7) is 0.508. The lowest BCUT2D eigenvalue weighted by Gasteiger charge is -2.10. The fraction of sp³-hybridized carbons (Fsp3) is 0.462. The van der Waals surface area contributed by atoms with Crippen molar-refractivity contribution in [2.24, 2.45) is 0 Å². The molecule has 1 aromatic rings. The molecule has 92 valence electrons. The molecule has 0 N–H and O–H groups in total. The molecule has 0 bridgehead atoms. The Labute approximate surface area is 99.5 Å². The van der Waals surface area contributed by atoms with E-state index in [1.54, 1.807) is 6.07 Å². The molecule has 0 radical (unpaired) electrons. The lowest BCUT2D eigenvalue weighted by atomic mass is 10.0. The Balaban J connectivity index is 2.35. The van der Waals surface area contributed by atoms with E-state index in [0.717, 1.165) is 24.8 Å². The van der Waals surface area contributed by atoms with Gasteiger partial charge in [-0.1, -0.05) is 0 Å². The zero-order chi connectivity index (χ0) is 12.3. The number of benzene rings is 1. The van der Waals surface area contributed by atoms with Crippen molar-refractivity contribution >= 4 is 5.78 Å². The summed E-state index contributed by atoms with van der Waals surface area (Å²) in [7, 11) is 1.45. The van der Waals surface area contributed by atoms with Gasteiger partial charge < -0.3 is 9.47 Å². The summed E-state index contributed by atoms with van der Waals surface area (Å²) < 4.78 is 23.9. The number of carbonyl (C=O) groups is 1. The molecule has 1 heterocycles. The highest BCUT2D eigenvalue weighted by Gasteiger charge is 2.17. The van der Waals surface area contributed by atoms with Crippen molar-refractivity contribution < 1.29 is 18.7 Å². The topological polar surface area (TPSA) is 35.5 Å². The Morgan fingerprint density at radius 2 is 2.29 bits per heavy atom. The molecule has 3 nitrogen and oxygen atoms in total. The summed E-state index contributed by atoms with van der Waals surface area (Å²) in [4.78, 5) is 11.6. The lowest BCUT2D eigenvalue weighted by molar-refractivity contribution is 0.0847. The summed E-state index contributed by atoms with van der Waals surface area (Å²) in [5, 5.41) is 0. The van der Waals surface area contributed by atoms with E-state index in [4.69, 9.17) is 9.47 Å². The molecule has 2 rings (SSSR count). The lowest BCUT2D eigenvalue weighted by Crippen LogP contribution is -2.09. The first kappa shape index (κ1) is 12.0. The molecule has 17 heavy (non-hydrogen) atoms. The van der Waals surface area contributed by atoms with Crippen molar-refractivity contribution in [3.63, 3.8) is 0 Å². The molecule has 0 unspecified atom stereocenters. The van der Waals surface area contributed by atoms with Crippen LogP contribution in [0.25, 0.3) is 0 Å². The quantitative estimate of drug-likeness (QED) is 0.758. The van der Waals surface area contributed by atoms with Crippen molar-refractivity contribution in [2.75, 3.05) is 20.3 Å². The van der Waals surface area contributed by atoms with Gasteiger partial charge in [0, 0.05) is 12.7 Å². The summed E-state index contributed by atoms with van der Waals surface area (Å²) in [6, 6.07) is 2.94. The average molecular weight is 238 g/mol. The smallest absolute Gasteiger partial charge is 0.188 e. The highest BCUT2D eigenvalue weighted by Crippen LogP contribution is 2.29. The van der Waals surface area contributed by atoms with Crippen molar-refractivity contribution in [3.8, 4) is 5.75 Å². The molecule has 4 heteroatoms. The highest BCUT2D eigenvalue weighted by atomic mass is 19.1. The van der Waals surface area contributed by atoms with E-state index in [1.807, 2.05) is 0 Å². The van der Waals surface area contributed by atoms with Gasteiger partial charge in [0.2, 0.25) is 0 Å². The third-order valence-corrected chi connectivity index (χ3v) is 2.80. The number of rotatable bonds is 3. The largest absolute Gasteiger partial charge is 0.490 e. The number of hydrogen-bond donors (Lipinski definition) is 0. The Morgan fingerprint density at radius 3 is 3.06 bits per heavy atom. The van der Waals surface area contributed by atoms with Gasteiger partial charge in [0.05, 0.1) is 6.61 Å². The molecule has 1 aliphatic heterocycles. The van der Waals surface area contributed by atoms with Crippen LogP contribution in [0, 0.1) is 5.82 Å². The summed E-state index contributed by atoms with van der Waals surface area (Å²) in [5.41, 5.74) is 1.13. The minimum atomic E-state index is -0.455. The molecule has 0 saturated carbocycles. The van der Waals surface area contributed by atoms with Crippen LogP contribution in [0.3, 0.4) is 0 Å². The van der Waals surface area contributed by atoms with Crippen LogP contribution in [0.5, 0.6) is 5.75 Å². The Hall–Kier alpha value is -1.42. The summed E-state index contributed by atoms with van der Waals surface area (Å²) in [6.07, 6.45) is 2.62. The predicted molar refractivity (Wildman–Crippen MR) is 61.0 cm³/mol. The molecule has 0 amide bonds. The first-order valence-electron chi connectivity index (χ1n) is 5.69.